The Morgan fingerprint density at radius 3 is 2.47 bits per heavy atom. The van der Waals surface area contributed by atoms with Gasteiger partial charge in [-0.05, 0) is 60.7 Å². The Morgan fingerprint density at radius 1 is 0.900 bits per heavy atom. The van der Waals surface area contributed by atoms with Crippen LogP contribution in [0.5, 0.6) is 11.5 Å². The summed E-state index contributed by atoms with van der Waals surface area (Å²) in [4.78, 5) is 4.53. The van der Waals surface area contributed by atoms with Gasteiger partial charge in [0.25, 0.3) is 0 Å². The Kier molecular flexibility index (Phi) is 5.26. The quantitative estimate of drug-likeness (QED) is 0.438. The Hall–Kier alpha value is -4.00. The zero-order chi connectivity index (χ0) is 21.1. The van der Waals surface area contributed by atoms with Crippen molar-refractivity contribution in [3.05, 3.63) is 102 Å². The first-order valence-electron chi connectivity index (χ1n) is 9.00. The predicted molar refractivity (Wildman–Crippen MR) is 110 cm³/mol. The Bertz CT molecular complexity index is 1240. The number of pyridine rings is 1. The molecule has 0 atom stereocenters. The molecule has 3 aromatic carbocycles. The number of nitrogens with zero attached hydrogens (tertiary/aromatic N) is 1. The highest BCUT2D eigenvalue weighted by molar-refractivity contribution is 5.86. The van der Waals surface area contributed by atoms with Crippen molar-refractivity contribution >= 4 is 22.3 Å². The summed E-state index contributed by atoms with van der Waals surface area (Å²) in [6.45, 7) is 0. The topological polar surface area (TPSA) is 60.2 Å². The van der Waals surface area contributed by atoms with Crippen LogP contribution in [0.2, 0.25) is 0 Å². The van der Waals surface area contributed by atoms with Crippen molar-refractivity contribution in [1.82, 2.24) is 4.98 Å². The molecule has 0 amide bonds. The molecule has 0 saturated carbocycles. The summed E-state index contributed by atoms with van der Waals surface area (Å²) in [7, 11) is 0. The molecule has 0 aliphatic heterocycles. The second-order valence-corrected chi connectivity index (χ2v) is 6.45. The van der Waals surface area contributed by atoms with Gasteiger partial charge in [-0.2, -0.15) is 0 Å². The highest BCUT2D eigenvalue weighted by Crippen LogP contribution is 2.30. The van der Waals surface area contributed by atoms with E-state index in [1.165, 1.54) is 24.4 Å². The Morgan fingerprint density at radius 2 is 1.70 bits per heavy atom. The molecule has 3 N–H and O–H groups in total. The van der Waals surface area contributed by atoms with Gasteiger partial charge in [0.15, 0.2) is 11.6 Å². The number of nitrogens with two attached hydrogens (primary N) is 1. The van der Waals surface area contributed by atoms with Crippen molar-refractivity contribution in [3.8, 4) is 11.5 Å². The van der Waals surface area contributed by atoms with Gasteiger partial charge in [-0.3, -0.25) is 0 Å². The van der Waals surface area contributed by atoms with E-state index in [2.05, 4.69) is 10.3 Å². The van der Waals surface area contributed by atoms with Crippen LogP contribution in [-0.4, -0.2) is 4.98 Å². The summed E-state index contributed by atoms with van der Waals surface area (Å²) in [5.41, 5.74) is 7.89. The van der Waals surface area contributed by atoms with Crippen LogP contribution in [0.25, 0.3) is 16.6 Å². The number of hydrogen-bond donors (Lipinski definition) is 2. The number of anilines is 1. The first-order valence-corrected chi connectivity index (χ1v) is 9.00. The number of benzene rings is 3. The minimum atomic E-state index is -0.954. The van der Waals surface area contributed by atoms with Gasteiger partial charge in [0.2, 0.25) is 0 Å². The zero-order valence-electron chi connectivity index (χ0n) is 15.6. The maximum absolute atomic E-state index is 13.3. The van der Waals surface area contributed by atoms with Crippen LogP contribution in [0, 0.1) is 17.5 Å². The highest BCUT2D eigenvalue weighted by Gasteiger charge is 2.08. The van der Waals surface area contributed by atoms with Crippen LogP contribution in [-0.2, 0) is 0 Å². The molecule has 0 radical (unpaired) electrons. The second-order valence-electron chi connectivity index (χ2n) is 6.45. The molecule has 7 heteroatoms. The van der Waals surface area contributed by atoms with E-state index in [0.717, 1.165) is 17.5 Å². The van der Waals surface area contributed by atoms with Gasteiger partial charge in [-0.25, -0.2) is 18.2 Å². The van der Waals surface area contributed by atoms with Gasteiger partial charge in [-0.15, -0.1) is 0 Å². The molecule has 30 heavy (non-hydrogen) atoms. The van der Waals surface area contributed by atoms with Crippen LogP contribution in [0.4, 0.5) is 18.9 Å². The molecule has 4 aromatic rings. The van der Waals surface area contributed by atoms with Gasteiger partial charge >= 0.3 is 0 Å². The maximum Gasteiger partial charge on any atom is 0.160 e. The smallest absolute Gasteiger partial charge is 0.160 e. The summed E-state index contributed by atoms with van der Waals surface area (Å²) in [6.07, 6.45) is 1.46. The second kappa shape index (κ2) is 8.16. The lowest BCUT2D eigenvalue weighted by atomic mass is 10.1. The minimum Gasteiger partial charge on any atom is -0.457 e. The SMILES string of the molecule is N/C(=C\Nc1ccc(F)c(F)c1)c1ccc2c(Oc3ccc(F)cc3)cccc2n1. The van der Waals surface area contributed by atoms with E-state index in [-0.39, 0.29) is 5.82 Å². The molecular weight excluding hydrogens is 391 g/mol. The third-order valence-corrected chi connectivity index (χ3v) is 4.34. The van der Waals surface area contributed by atoms with E-state index in [9.17, 15) is 13.2 Å². The third-order valence-electron chi connectivity index (χ3n) is 4.34. The van der Waals surface area contributed by atoms with Crippen molar-refractivity contribution in [1.29, 1.82) is 0 Å². The fraction of sp³-hybridized carbons (Fsp3) is 0. The Balaban J connectivity index is 1.58. The van der Waals surface area contributed by atoms with Gasteiger partial charge in [0.1, 0.15) is 17.3 Å². The number of aromatic nitrogens is 1. The average molecular weight is 407 g/mol. The van der Waals surface area contributed by atoms with Gasteiger partial charge < -0.3 is 15.8 Å². The number of ether oxygens (including phenoxy) is 1. The first-order chi connectivity index (χ1) is 14.5. The molecule has 0 aliphatic carbocycles. The minimum absolute atomic E-state index is 0.312. The van der Waals surface area contributed by atoms with Crippen LogP contribution in [0.3, 0.4) is 0 Å². The van der Waals surface area contributed by atoms with Crippen molar-refractivity contribution < 1.29 is 17.9 Å². The van der Waals surface area contributed by atoms with E-state index < -0.39 is 11.6 Å². The largest absolute Gasteiger partial charge is 0.457 e. The van der Waals surface area contributed by atoms with E-state index >= 15 is 0 Å². The summed E-state index contributed by atoms with van der Waals surface area (Å²) in [5.74, 6) is -1.15. The lowest BCUT2D eigenvalue weighted by Crippen LogP contribution is -2.03. The predicted octanol–water partition coefficient (Wildman–Crippen LogP) is 5.81. The molecule has 1 heterocycles. The monoisotopic (exact) mass is 407 g/mol. The normalized spacial score (nSPS) is 11.5. The standard InChI is InChI=1S/C23H16F3N3O/c24-14-4-7-16(8-5-14)30-23-3-1-2-21-17(23)9-11-22(29-21)20(27)13-28-15-6-10-18(25)19(26)12-15/h1-13,28H,27H2/b20-13-. The molecule has 0 aliphatic rings. The third kappa shape index (κ3) is 4.20. The number of fused-ring (bicyclic) bond motifs is 1. The highest BCUT2D eigenvalue weighted by atomic mass is 19.2. The van der Waals surface area contributed by atoms with Crippen molar-refractivity contribution in [3.63, 3.8) is 0 Å². The average Bonchev–Trinajstić information content (AvgIpc) is 2.76. The van der Waals surface area contributed by atoms with E-state index in [1.54, 1.807) is 30.3 Å². The number of halogens is 3. The molecule has 150 valence electrons. The first kappa shape index (κ1) is 19.3. The van der Waals surface area contributed by atoms with Crippen LogP contribution in [0.1, 0.15) is 5.69 Å². The molecule has 0 spiro atoms. The molecule has 1 aromatic heterocycles. The summed E-state index contributed by atoms with van der Waals surface area (Å²) in [5, 5.41) is 3.58. The molecule has 4 nitrogen and oxygen atoms in total. The lowest BCUT2D eigenvalue weighted by molar-refractivity contribution is 0.486. The lowest BCUT2D eigenvalue weighted by Gasteiger charge is -2.10. The molecule has 0 bridgehead atoms. The Labute approximate surface area is 170 Å². The maximum atomic E-state index is 13.3. The summed E-state index contributed by atoms with van der Waals surface area (Å²) >= 11 is 0. The van der Waals surface area contributed by atoms with Crippen LogP contribution >= 0.6 is 0 Å². The van der Waals surface area contributed by atoms with E-state index in [0.29, 0.717) is 34.1 Å². The van der Waals surface area contributed by atoms with E-state index in [4.69, 9.17) is 10.5 Å². The van der Waals surface area contributed by atoms with Crippen LogP contribution < -0.4 is 15.8 Å². The van der Waals surface area contributed by atoms with E-state index in [1.807, 2.05) is 12.1 Å². The number of nitrogens with one attached hydrogen (secondary N) is 1. The molecule has 4 rings (SSSR count). The van der Waals surface area contributed by atoms with Gasteiger partial charge in [0, 0.05) is 23.3 Å². The summed E-state index contributed by atoms with van der Waals surface area (Å²) < 4.78 is 45.3. The zero-order valence-corrected chi connectivity index (χ0v) is 15.6. The summed E-state index contributed by atoms with van der Waals surface area (Å²) in [6, 6.07) is 18.1. The number of rotatable bonds is 5. The van der Waals surface area contributed by atoms with Gasteiger partial charge in [0.05, 0.1) is 16.9 Å². The van der Waals surface area contributed by atoms with Crippen molar-refractivity contribution in [2.45, 2.75) is 0 Å². The molecule has 0 fully saturated rings. The number of hydrogen-bond acceptors (Lipinski definition) is 4. The van der Waals surface area contributed by atoms with Crippen molar-refractivity contribution in [2.24, 2.45) is 5.73 Å². The van der Waals surface area contributed by atoms with Crippen molar-refractivity contribution in [2.75, 3.05) is 5.32 Å². The molecular formula is C23H16F3N3O. The fourth-order valence-electron chi connectivity index (χ4n) is 2.83. The van der Waals surface area contributed by atoms with Crippen LogP contribution in [0.15, 0.2) is 79.0 Å². The molecule has 0 unspecified atom stereocenters. The fourth-order valence-corrected chi connectivity index (χ4v) is 2.83. The van der Waals surface area contributed by atoms with Gasteiger partial charge in [-0.1, -0.05) is 6.07 Å². The molecule has 0 saturated heterocycles.